The number of nitrogens with one attached hydrogen (secondary N) is 1. The van der Waals surface area contributed by atoms with Gasteiger partial charge >= 0.3 is 0 Å². The molecule has 0 aliphatic carbocycles. The number of aliphatic hydroxyl groups excluding tert-OH is 1. The molecule has 2 unspecified atom stereocenters. The van der Waals surface area contributed by atoms with Gasteiger partial charge in [-0.15, -0.1) is 0 Å². The van der Waals surface area contributed by atoms with Gasteiger partial charge in [-0.05, 0) is 31.5 Å². The Bertz CT molecular complexity index is 461. The van der Waals surface area contributed by atoms with Crippen LogP contribution in [0.2, 0.25) is 0 Å². The summed E-state index contributed by atoms with van der Waals surface area (Å²) in [6, 6.07) is 5.10. The van der Waals surface area contributed by atoms with Crippen molar-refractivity contribution in [3.05, 3.63) is 39.9 Å². The minimum atomic E-state index is -0.920. The summed E-state index contributed by atoms with van der Waals surface area (Å²) >= 11 is 3.13. The molecular weight excluding hydrogens is 316 g/mol. The number of carbonyl (C=O) groups excluding carboxylic acids is 1. The lowest BCUT2D eigenvalue weighted by Gasteiger charge is -2.21. The van der Waals surface area contributed by atoms with Crippen LogP contribution in [-0.4, -0.2) is 26.8 Å². The third-order valence-corrected chi connectivity index (χ3v) is 3.07. The molecule has 0 fully saturated rings. The molecule has 0 radical (unpaired) electrons. The van der Waals surface area contributed by atoms with E-state index in [0.717, 1.165) is 0 Å². The Balaban J connectivity index is 2.73. The number of nitrogens with zero attached hydrogens (tertiary/aromatic N) is 1. The van der Waals surface area contributed by atoms with Crippen LogP contribution in [0.1, 0.15) is 25.5 Å². The molecule has 0 aliphatic rings. The number of nitro benzene ring substituents is 1. The third-order valence-electron chi connectivity index (χ3n) is 2.65. The second kappa shape index (κ2) is 6.63. The quantitative estimate of drug-likeness (QED) is 0.490. The number of hydrogen-bond acceptors (Lipinski definition) is 4. The van der Waals surface area contributed by atoms with Crippen molar-refractivity contribution in [1.82, 2.24) is 5.32 Å². The van der Waals surface area contributed by atoms with Crippen molar-refractivity contribution in [3.8, 4) is 0 Å². The Labute approximate surface area is 119 Å². The highest BCUT2D eigenvalue weighted by Crippen LogP contribution is 2.20. The van der Waals surface area contributed by atoms with Crippen molar-refractivity contribution >= 4 is 27.5 Å². The first-order valence-electron chi connectivity index (χ1n) is 5.69. The monoisotopic (exact) mass is 330 g/mol. The molecule has 19 heavy (non-hydrogen) atoms. The van der Waals surface area contributed by atoms with E-state index in [4.69, 9.17) is 0 Å². The number of non-ortho nitro benzene ring substituents is 1. The number of halogens is 1. The van der Waals surface area contributed by atoms with E-state index in [2.05, 4.69) is 21.2 Å². The molecule has 104 valence electrons. The van der Waals surface area contributed by atoms with Crippen molar-refractivity contribution in [3.63, 3.8) is 0 Å². The zero-order valence-electron chi connectivity index (χ0n) is 10.5. The maximum atomic E-state index is 11.5. The predicted molar refractivity (Wildman–Crippen MR) is 74.0 cm³/mol. The summed E-state index contributed by atoms with van der Waals surface area (Å²) in [6.07, 6.45) is -0.920. The van der Waals surface area contributed by atoms with Crippen molar-refractivity contribution in [2.24, 2.45) is 0 Å². The van der Waals surface area contributed by atoms with Gasteiger partial charge < -0.3 is 10.4 Å². The molecule has 0 saturated heterocycles. The number of alkyl halides is 1. The molecule has 0 aromatic heterocycles. The van der Waals surface area contributed by atoms with Gasteiger partial charge in [0.2, 0.25) is 5.91 Å². The second-order valence-corrected chi connectivity index (χ2v) is 5.58. The number of rotatable bonds is 5. The molecular formula is C12H15BrN2O4. The van der Waals surface area contributed by atoms with E-state index >= 15 is 0 Å². The first kappa shape index (κ1) is 15.6. The number of aliphatic hydroxyl groups is 1. The summed E-state index contributed by atoms with van der Waals surface area (Å²) < 4.78 is 0. The molecule has 0 saturated carbocycles. The summed E-state index contributed by atoms with van der Waals surface area (Å²) in [5, 5.41) is 23.2. The van der Waals surface area contributed by atoms with E-state index in [0.29, 0.717) is 5.56 Å². The lowest BCUT2D eigenvalue weighted by atomic mass is 10.0. The predicted octanol–water partition coefficient (Wildman–Crippen LogP) is 1.92. The summed E-state index contributed by atoms with van der Waals surface area (Å²) in [6.45, 7) is 3.35. The van der Waals surface area contributed by atoms with Crippen LogP contribution in [0.25, 0.3) is 0 Å². The number of hydrogen-bond donors (Lipinski definition) is 2. The van der Waals surface area contributed by atoms with Crippen LogP contribution in [0, 0.1) is 10.1 Å². The summed E-state index contributed by atoms with van der Waals surface area (Å²) in [5.41, 5.74) is 0.474. The zero-order chi connectivity index (χ0) is 14.6. The SMILES string of the molecule is CC(Br)C(=O)N[C@H](C)C(O)c1ccc([N+](=O)[O-])cc1. The van der Waals surface area contributed by atoms with Gasteiger partial charge in [0.1, 0.15) is 0 Å². The molecule has 0 heterocycles. The van der Waals surface area contributed by atoms with Crippen LogP contribution >= 0.6 is 15.9 Å². The van der Waals surface area contributed by atoms with Gasteiger partial charge in [-0.1, -0.05) is 15.9 Å². The maximum absolute atomic E-state index is 11.5. The van der Waals surface area contributed by atoms with Crippen molar-refractivity contribution in [2.75, 3.05) is 0 Å². The molecule has 0 spiro atoms. The zero-order valence-corrected chi connectivity index (χ0v) is 12.1. The highest BCUT2D eigenvalue weighted by Gasteiger charge is 2.20. The van der Waals surface area contributed by atoms with Gasteiger partial charge in [0.05, 0.1) is 21.9 Å². The third kappa shape index (κ3) is 4.29. The molecule has 7 heteroatoms. The highest BCUT2D eigenvalue weighted by molar-refractivity contribution is 9.10. The minimum Gasteiger partial charge on any atom is -0.386 e. The standard InChI is InChI=1S/C12H15BrN2O4/c1-7(13)12(17)14-8(2)11(16)9-3-5-10(6-4-9)15(18)19/h3-8,11,16H,1-2H3,(H,14,17)/t7?,8-,11?/m1/s1. The second-order valence-electron chi connectivity index (χ2n) is 4.21. The first-order chi connectivity index (χ1) is 8.82. The fourth-order valence-electron chi connectivity index (χ4n) is 1.50. The minimum absolute atomic E-state index is 0.0401. The molecule has 1 rings (SSSR count). The van der Waals surface area contributed by atoms with Crippen LogP contribution < -0.4 is 5.32 Å². The van der Waals surface area contributed by atoms with Crippen LogP contribution in [-0.2, 0) is 4.79 Å². The van der Waals surface area contributed by atoms with Crippen LogP contribution in [0.3, 0.4) is 0 Å². The van der Waals surface area contributed by atoms with Gasteiger partial charge in [0.25, 0.3) is 5.69 Å². The van der Waals surface area contributed by atoms with E-state index < -0.39 is 17.1 Å². The smallest absolute Gasteiger partial charge is 0.269 e. The van der Waals surface area contributed by atoms with E-state index in [1.54, 1.807) is 13.8 Å². The molecule has 0 aliphatic heterocycles. The maximum Gasteiger partial charge on any atom is 0.269 e. The lowest BCUT2D eigenvalue weighted by molar-refractivity contribution is -0.384. The number of benzene rings is 1. The van der Waals surface area contributed by atoms with Crippen LogP contribution in [0.4, 0.5) is 5.69 Å². The van der Waals surface area contributed by atoms with Gasteiger partial charge in [-0.3, -0.25) is 14.9 Å². The number of carbonyl (C=O) groups is 1. The fourth-order valence-corrected chi connectivity index (χ4v) is 1.63. The molecule has 6 nitrogen and oxygen atoms in total. The lowest BCUT2D eigenvalue weighted by Crippen LogP contribution is -2.40. The van der Waals surface area contributed by atoms with Crippen molar-refractivity contribution in [1.29, 1.82) is 0 Å². The van der Waals surface area contributed by atoms with E-state index in [-0.39, 0.29) is 16.4 Å². The average molecular weight is 331 g/mol. The van der Waals surface area contributed by atoms with Gasteiger partial charge in [0, 0.05) is 12.1 Å². The Hall–Kier alpha value is -1.47. The van der Waals surface area contributed by atoms with E-state index in [1.165, 1.54) is 24.3 Å². The Morgan fingerprint density at radius 1 is 1.37 bits per heavy atom. The summed E-state index contributed by atoms with van der Waals surface area (Å²) in [7, 11) is 0. The first-order valence-corrected chi connectivity index (χ1v) is 6.61. The fraction of sp³-hybridized carbons (Fsp3) is 0.417. The summed E-state index contributed by atoms with van der Waals surface area (Å²) in [5.74, 6) is -0.228. The van der Waals surface area contributed by atoms with E-state index in [1.807, 2.05) is 0 Å². The Morgan fingerprint density at radius 2 is 1.89 bits per heavy atom. The van der Waals surface area contributed by atoms with Gasteiger partial charge in [-0.2, -0.15) is 0 Å². The van der Waals surface area contributed by atoms with Gasteiger partial charge in [-0.25, -0.2) is 0 Å². The Morgan fingerprint density at radius 3 is 2.32 bits per heavy atom. The molecule has 1 aromatic carbocycles. The van der Waals surface area contributed by atoms with Gasteiger partial charge in [0.15, 0.2) is 0 Å². The molecule has 1 amide bonds. The normalized spacial score (nSPS) is 15.4. The molecule has 1 aromatic rings. The Kier molecular flexibility index (Phi) is 5.44. The highest BCUT2D eigenvalue weighted by atomic mass is 79.9. The largest absolute Gasteiger partial charge is 0.386 e. The number of amides is 1. The molecule has 3 atom stereocenters. The number of nitro groups is 1. The summed E-state index contributed by atoms with van der Waals surface area (Å²) in [4.78, 5) is 21.1. The average Bonchev–Trinajstić information content (AvgIpc) is 2.37. The molecule has 2 N–H and O–H groups in total. The van der Waals surface area contributed by atoms with Crippen molar-refractivity contribution in [2.45, 2.75) is 30.8 Å². The van der Waals surface area contributed by atoms with Crippen molar-refractivity contribution < 1.29 is 14.8 Å². The van der Waals surface area contributed by atoms with Crippen LogP contribution in [0.5, 0.6) is 0 Å². The molecule has 0 bridgehead atoms. The van der Waals surface area contributed by atoms with Crippen LogP contribution in [0.15, 0.2) is 24.3 Å². The van der Waals surface area contributed by atoms with E-state index in [9.17, 15) is 20.0 Å². The topological polar surface area (TPSA) is 92.5 Å².